The molecule has 0 radical (unpaired) electrons. The van der Waals surface area contributed by atoms with Crippen molar-refractivity contribution in [2.45, 2.75) is 12.4 Å². The quantitative estimate of drug-likeness (QED) is 0.490. The van der Waals surface area contributed by atoms with Crippen molar-refractivity contribution in [1.29, 1.82) is 0 Å². The fourth-order valence-corrected chi connectivity index (χ4v) is 2.58. The van der Waals surface area contributed by atoms with Crippen LogP contribution in [-0.4, -0.2) is 25.8 Å². The van der Waals surface area contributed by atoms with Crippen molar-refractivity contribution in [3.63, 3.8) is 0 Å². The van der Waals surface area contributed by atoms with Crippen LogP contribution in [0.1, 0.15) is 22.4 Å². The zero-order valence-corrected chi connectivity index (χ0v) is 15.2. The molecule has 1 amide bonds. The molecule has 160 valence electrons. The van der Waals surface area contributed by atoms with Gasteiger partial charge in [0.25, 0.3) is 0 Å². The normalized spacial score (nSPS) is 12.6. The average molecular weight is 439 g/mol. The minimum atomic E-state index is -5.01. The van der Waals surface area contributed by atoms with Crippen LogP contribution in [0.15, 0.2) is 49.3 Å². The first-order valence-corrected chi connectivity index (χ1v) is 8.34. The highest BCUT2D eigenvalue weighted by atomic mass is 19.4. The van der Waals surface area contributed by atoms with Crippen LogP contribution in [0.3, 0.4) is 0 Å². The minimum Gasteiger partial charge on any atom is -0.366 e. The topological polar surface area (TPSA) is 94.7 Å². The minimum absolute atomic E-state index is 0.0152. The van der Waals surface area contributed by atoms with E-state index < -0.39 is 35.0 Å². The molecule has 2 N–H and O–H groups in total. The number of alkyl halides is 6. The van der Waals surface area contributed by atoms with Crippen LogP contribution in [0.5, 0.6) is 0 Å². The maximum Gasteiger partial charge on any atom is 0.416 e. The van der Waals surface area contributed by atoms with Crippen LogP contribution in [0, 0.1) is 0 Å². The number of hydrogen-bond donors (Lipinski definition) is 1. The molecule has 2 aromatic heterocycles. The highest BCUT2D eigenvalue weighted by Gasteiger charge is 2.37. The molecule has 0 atom stereocenters. The SMILES string of the molecule is NC(=O)/C(=C/c1cncc(-c2cc(C(F)(F)F)cc(C(F)(F)F)c2)n1)c1cncnc1. The first-order chi connectivity index (χ1) is 14.4. The standard InChI is InChI=1S/C19H11F6N5O/c20-18(21,22)12-1-10(2-13(3-12)19(23,24)25)16-8-27-7-14(30-16)4-15(17(26)31)11-5-28-9-29-6-11/h1-9H,(H2,26,31)/b15-4+. The van der Waals surface area contributed by atoms with Gasteiger partial charge in [0.1, 0.15) is 6.33 Å². The molecule has 0 spiro atoms. The van der Waals surface area contributed by atoms with Crippen molar-refractivity contribution in [2.24, 2.45) is 5.73 Å². The van der Waals surface area contributed by atoms with Crippen molar-refractivity contribution in [1.82, 2.24) is 19.9 Å². The van der Waals surface area contributed by atoms with Crippen molar-refractivity contribution in [2.75, 3.05) is 0 Å². The van der Waals surface area contributed by atoms with Gasteiger partial charge >= 0.3 is 12.4 Å². The van der Waals surface area contributed by atoms with Gasteiger partial charge in [-0.25, -0.2) is 15.0 Å². The van der Waals surface area contributed by atoms with Crippen molar-refractivity contribution >= 4 is 17.6 Å². The molecule has 3 aromatic rings. The molecule has 0 bridgehead atoms. The Labute approximate surface area is 170 Å². The van der Waals surface area contributed by atoms with E-state index in [1.807, 2.05) is 0 Å². The molecule has 12 heteroatoms. The van der Waals surface area contributed by atoms with Crippen LogP contribution in [0.4, 0.5) is 26.3 Å². The number of nitrogens with two attached hydrogens (primary N) is 1. The van der Waals surface area contributed by atoms with E-state index in [4.69, 9.17) is 5.73 Å². The number of halogens is 6. The summed E-state index contributed by atoms with van der Waals surface area (Å²) in [6.07, 6.45) is -2.87. The average Bonchev–Trinajstić information content (AvgIpc) is 2.71. The zero-order chi connectivity index (χ0) is 22.8. The number of carbonyl (C=O) groups excluding carboxylic acids is 1. The Bertz CT molecular complexity index is 1110. The lowest BCUT2D eigenvalue weighted by molar-refractivity contribution is -0.143. The third kappa shape index (κ3) is 5.21. The summed E-state index contributed by atoms with van der Waals surface area (Å²) in [6.45, 7) is 0. The molecule has 3 rings (SSSR count). The second kappa shape index (κ2) is 8.13. The van der Waals surface area contributed by atoms with Gasteiger partial charge in [-0.05, 0) is 24.3 Å². The lowest BCUT2D eigenvalue weighted by Crippen LogP contribution is -2.13. The smallest absolute Gasteiger partial charge is 0.366 e. The Morgan fingerprint density at radius 2 is 1.42 bits per heavy atom. The van der Waals surface area contributed by atoms with Gasteiger partial charge in [-0.15, -0.1) is 0 Å². The number of amides is 1. The molecule has 0 aliphatic rings. The number of hydrogen-bond acceptors (Lipinski definition) is 5. The number of nitrogens with zero attached hydrogens (tertiary/aromatic N) is 4. The Morgan fingerprint density at radius 3 is 1.94 bits per heavy atom. The molecular formula is C19H11F6N5O. The van der Waals surface area contributed by atoms with E-state index in [0.717, 1.165) is 12.4 Å². The van der Waals surface area contributed by atoms with E-state index in [1.165, 1.54) is 24.8 Å². The number of benzene rings is 1. The van der Waals surface area contributed by atoms with Gasteiger partial charge in [-0.2, -0.15) is 26.3 Å². The van der Waals surface area contributed by atoms with Crippen molar-refractivity contribution in [3.8, 4) is 11.3 Å². The van der Waals surface area contributed by atoms with E-state index in [0.29, 0.717) is 12.1 Å². The third-order valence-electron chi connectivity index (χ3n) is 3.97. The van der Waals surface area contributed by atoms with E-state index in [-0.39, 0.29) is 28.6 Å². The summed E-state index contributed by atoms with van der Waals surface area (Å²) in [4.78, 5) is 27.1. The Hall–Kier alpha value is -3.83. The van der Waals surface area contributed by atoms with Crippen molar-refractivity contribution in [3.05, 3.63) is 71.7 Å². The highest BCUT2D eigenvalue weighted by Crippen LogP contribution is 2.38. The Morgan fingerprint density at radius 1 is 0.839 bits per heavy atom. The van der Waals surface area contributed by atoms with Crippen LogP contribution in [0.25, 0.3) is 22.9 Å². The predicted octanol–water partition coefficient (Wildman–Crippen LogP) is 4.00. The fraction of sp³-hybridized carbons (Fsp3) is 0.105. The van der Waals surface area contributed by atoms with Gasteiger partial charge in [-0.1, -0.05) is 0 Å². The van der Waals surface area contributed by atoms with Gasteiger partial charge in [0, 0.05) is 23.5 Å². The number of primary amides is 1. The largest absolute Gasteiger partial charge is 0.416 e. The van der Waals surface area contributed by atoms with Gasteiger partial charge in [0.15, 0.2) is 0 Å². The second-order valence-electron chi connectivity index (χ2n) is 6.17. The maximum absolute atomic E-state index is 13.1. The van der Waals surface area contributed by atoms with E-state index in [9.17, 15) is 31.1 Å². The van der Waals surface area contributed by atoms with E-state index in [2.05, 4.69) is 19.9 Å². The molecule has 0 aliphatic carbocycles. The molecule has 2 heterocycles. The molecule has 0 saturated carbocycles. The molecule has 0 unspecified atom stereocenters. The van der Waals surface area contributed by atoms with Crippen LogP contribution < -0.4 is 5.73 Å². The summed E-state index contributed by atoms with van der Waals surface area (Å²) in [7, 11) is 0. The third-order valence-corrected chi connectivity index (χ3v) is 3.97. The summed E-state index contributed by atoms with van der Waals surface area (Å²) in [5.41, 5.74) is 1.78. The molecule has 0 aliphatic heterocycles. The molecule has 31 heavy (non-hydrogen) atoms. The summed E-state index contributed by atoms with van der Waals surface area (Å²) < 4.78 is 78.6. The van der Waals surface area contributed by atoms with Gasteiger partial charge < -0.3 is 5.73 Å². The lowest BCUT2D eigenvalue weighted by Gasteiger charge is -2.14. The van der Waals surface area contributed by atoms with Gasteiger partial charge in [0.2, 0.25) is 5.91 Å². The molecule has 0 saturated heterocycles. The summed E-state index contributed by atoms with van der Waals surface area (Å²) in [6, 6.07) is 1.08. The van der Waals surface area contributed by atoms with Crippen molar-refractivity contribution < 1.29 is 31.1 Å². The number of carbonyl (C=O) groups is 1. The zero-order valence-electron chi connectivity index (χ0n) is 15.2. The molecule has 1 aromatic carbocycles. The lowest BCUT2D eigenvalue weighted by atomic mass is 10.0. The maximum atomic E-state index is 13.1. The first kappa shape index (κ1) is 21.9. The van der Waals surface area contributed by atoms with Gasteiger partial charge in [-0.3, -0.25) is 9.78 Å². The van der Waals surface area contributed by atoms with E-state index >= 15 is 0 Å². The van der Waals surface area contributed by atoms with Crippen LogP contribution in [0.2, 0.25) is 0 Å². The number of aromatic nitrogens is 4. The predicted molar refractivity (Wildman–Crippen MR) is 96.6 cm³/mol. The fourth-order valence-electron chi connectivity index (χ4n) is 2.58. The monoisotopic (exact) mass is 439 g/mol. The van der Waals surface area contributed by atoms with Crippen LogP contribution in [-0.2, 0) is 17.1 Å². The Balaban J connectivity index is 2.12. The summed E-state index contributed by atoms with van der Waals surface area (Å²) >= 11 is 0. The molecule has 6 nitrogen and oxygen atoms in total. The molecular weight excluding hydrogens is 428 g/mol. The van der Waals surface area contributed by atoms with Gasteiger partial charge in [0.05, 0.1) is 40.5 Å². The second-order valence-corrected chi connectivity index (χ2v) is 6.17. The summed E-state index contributed by atoms with van der Waals surface area (Å²) in [5.74, 6) is -0.875. The highest BCUT2D eigenvalue weighted by molar-refractivity contribution is 6.23. The van der Waals surface area contributed by atoms with E-state index in [1.54, 1.807) is 0 Å². The van der Waals surface area contributed by atoms with Crippen LogP contribution >= 0.6 is 0 Å². The first-order valence-electron chi connectivity index (χ1n) is 8.34. The summed E-state index contributed by atoms with van der Waals surface area (Å²) in [5, 5.41) is 0. The Kier molecular flexibility index (Phi) is 5.73. The number of rotatable bonds is 4. The molecule has 0 fully saturated rings.